The molecule has 4 nitrogen and oxygen atoms in total. The molecule has 0 unspecified atom stereocenters. The number of hydrogen-bond donors (Lipinski definition) is 2. The van der Waals surface area contributed by atoms with E-state index in [1.807, 2.05) is 0 Å². The van der Waals surface area contributed by atoms with E-state index in [1.54, 1.807) is 12.1 Å². The third-order valence-electron chi connectivity index (χ3n) is 7.90. The number of nitrogens with zero attached hydrogens (tertiary/aromatic N) is 1. The van der Waals surface area contributed by atoms with Crippen LogP contribution in [-0.2, 0) is 10.3 Å². The number of likely N-dealkylation sites (tertiary alicyclic amines) is 1. The number of carbonyl (C=O) groups is 1. The van der Waals surface area contributed by atoms with Crippen LogP contribution in [0.2, 0.25) is 5.02 Å². The fraction of sp³-hybridized carbons (Fsp3) is 0.367. The first-order chi connectivity index (χ1) is 17.9. The molecule has 1 saturated heterocycles. The number of amides is 1. The summed E-state index contributed by atoms with van der Waals surface area (Å²) in [5.74, 6) is -0.975. The molecule has 1 amide bonds. The van der Waals surface area contributed by atoms with E-state index in [9.17, 15) is 13.6 Å². The highest BCUT2D eigenvalue weighted by molar-refractivity contribution is 6.31. The molecule has 194 valence electrons. The molecule has 2 fully saturated rings. The van der Waals surface area contributed by atoms with Gasteiger partial charge in [-0.1, -0.05) is 60.8 Å². The van der Waals surface area contributed by atoms with Gasteiger partial charge in [-0.25, -0.2) is 8.78 Å². The van der Waals surface area contributed by atoms with Crippen LogP contribution in [0, 0.1) is 11.6 Å². The second-order valence-corrected chi connectivity index (χ2v) is 10.6. The Bertz CT molecular complexity index is 1220. The highest BCUT2D eigenvalue weighted by Gasteiger charge is 2.38. The van der Waals surface area contributed by atoms with Crippen LogP contribution in [0.5, 0.6) is 0 Å². The van der Waals surface area contributed by atoms with E-state index in [2.05, 4.69) is 39.8 Å². The van der Waals surface area contributed by atoms with Crippen molar-refractivity contribution in [3.05, 3.63) is 89.0 Å². The van der Waals surface area contributed by atoms with E-state index in [-0.39, 0.29) is 28.8 Å². The number of benzene rings is 3. The number of nitrogens with one attached hydrogen (secondary N) is 2. The van der Waals surface area contributed by atoms with Gasteiger partial charge in [0.25, 0.3) is 0 Å². The molecule has 0 radical (unpaired) electrons. The highest BCUT2D eigenvalue weighted by Crippen LogP contribution is 2.37. The summed E-state index contributed by atoms with van der Waals surface area (Å²) in [7, 11) is 0. The van der Waals surface area contributed by atoms with Crippen LogP contribution in [0.15, 0.2) is 66.7 Å². The second-order valence-electron chi connectivity index (χ2n) is 10.2. The highest BCUT2D eigenvalue weighted by atomic mass is 35.5. The number of anilines is 1. The minimum atomic E-state index is -0.519. The van der Waals surface area contributed by atoms with Crippen LogP contribution in [0.1, 0.15) is 44.1 Å². The first-order valence-electron chi connectivity index (χ1n) is 13.0. The van der Waals surface area contributed by atoms with Crippen molar-refractivity contribution >= 4 is 23.2 Å². The zero-order valence-corrected chi connectivity index (χ0v) is 21.5. The van der Waals surface area contributed by atoms with Crippen LogP contribution in [0.4, 0.5) is 14.5 Å². The number of rotatable bonds is 7. The van der Waals surface area contributed by atoms with Gasteiger partial charge in [0.15, 0.2) is 0 Å². The van der Waals surface area contributed by atoms with Crippen molar-refractivity contribution in [1.82, 2.24) is 10.2 Å². The molecule has 3 aromatic rings. The van der Waals surface area contributed by atoms with E-state index >= 15 is 0 Å². The summed E-state index contributed by atoms with van der Waals surface area (Å²) in [6.07, 6.45) is 6.96. The Kier molecular flexibility index (Phi) is 7.89. The van der Waals surface area contributed by atoms with E-state index < -0.39 is 5.82 Å². The van der Waals surface area contributed by atoms with Gasteiger partial charge in [0.1, 0.15) is 11.6 Å². The molecule has 37 heavy (non-hydrogen) atoms. The molecule has 1 aliphatic heterocycles. The maximum absolute atomic E-state index is 13.5. The number of halogens is 3. The molecular weight excluding hydrogens is 492 g/mol. The van der Waals surface area contributed by atoms with Gasteiger partial charge in [-0.3, -0.25) is 10.1 Å². The summed E-state index contributed by atoms with van der Waals surface area (Å²) in [4.78, 5) is 15.4. The minimum absolute atomic E-state index is 0.0252. The van der Waals surface area contributed by atoms with Gasteiger partial charge in [0, 0.05) is 30.4 Å². The monoisotopic (exact) mass is 523 g/mol. The lowest BCUT2D eigenvalue weighted by Crippen LogP contribution is -2.54. The first kappa shape index (κ1) is 25.8. The summed E-state index contributed by atoms with van der Waals surface area (Å²) in [6.45, 7) is 2.08. The molecule has 2 N–H and O–H groups in total. The van der Waals surface area contributed by atoms with Crippen molar-refractivity contribution < 1.29 is 13.6 Å². The average molecular weight is 524 g/mol. The Morgan fingerprint density at radius 2 is 1.54 bits per heavy atom. The van der Waals surface area contributed by atoms with Crippen molar-refractivity contribution in [2.24, 2.45) is 0 Å². The zero-order chi connectivity index (χ0) is 25.8. The first-order valence-corrected chi connectivity index (χ1v) is 13.4. The molecule has 0 spiro atoms. The van der Waals surface area contributed by atoms with Crippen LogP contribution in [0.3, 0.4) is 0 Å². The SMILES string of the molecule is O=C(CNC1(c2ccc(-c3ccc(F)cc3)cc2)CCN(C2CCCC2)CC1)Nc1ccc(F)c(Cl)c1. The third kappa shape index (κ3) is 6.03. The Balaban J connectivity index is 1.32. The van der Waals surface area contributed by atoms with Gasteiger partial charge in [0.2, 0.25) is 5.91 Å². The Morgan fingerprint density at radius 3 is 2.16 bits per heavy atom. The molecule has 1 aliphatic carbocycles. The largest absolute Gasteiger partial charge is 0.325 e. The van der Waals surface area contributed by atoms with Gasteiger partial charge in [0.05, 0.1) is 11.6 Å². The predicted octanol–water partition coefficient (Wildman–Crippen LogP) is 6.75. The van der Waals surface area contributed by atoms with Gasteiger partial charge < -0.3 is 10.2 Å². The second kappa shape index (κ2) is 11.3. The topological polar surface area (TPSA) is 44.4 Å². The molecule has 7 heteroatoms. The van der Waals surface area contributed by atoms with Gasteiger partial charge in [-0.05, 0) is 72.7 Å². The normalized spacial score (nSPS) is 18.1. The predicted molar refractivity (Wildman–Crippen MR) is 145 cm³/mol. The number of hydrogen-bond acceptors (Lipinski definition) is 3. The van der Waals surface area contributed by atoms with E-state index in [1.165, 1.54) is 56.0 Å². The summed E-state index contributed by atoms with van der Waals surface area (Å²) in [6, 6.07) is 19.7. The smallest absolute Gasteiger partial charge is 0.238 e. The maximum Gasteiger partial charge on any atom is 0.238 e. The summed E-state index contributed by atoms with van der Waals surface area (Å²) >= 11 is 5.87. The molecule has 0 bridgehead atoms. The lowest BCUT2D eigenvalue weighted by atomic mass is 9.79. The summed E-state index contributed by atoms with van der Waals surface area (Å²) in [5, 5.41) is 6.37. The molecule has 1 heterocycles. The van der Waals surface area contributed by atoms with Crippen LogP contribution < -0.4 is 10.6 Å². The van der Waals surface area contributed by atoms with Crippen LogP contribution in [-0.4, -0.2) is 36.5 Å². The number of piperidine rings is 1. The van der Waals surface area contributed by atoms with Gasteiger partial charge >= 0.3 is 0 Å². The average Bonchev–Trinajstić information content (AvgIpc) is 3.46. The molecule has 0 atom stereocenters. The molecule has 0 aromatic heterocycles. The van der Waals surface area contributed by atoms with Crippen molar-refractivity contribution in [1.29, 1.82) is 0 Å². The Morgan fingerprint density at radius 1 is 0.919 bits per heavy atom. The Labute approximate surface area is 222 Å². The van der Waals surface area contributed by atoms with Crippen molar-refractivity contribution in [3.8, 4) is 11.1 Å². The molecule has 3 aromatic carbocycles. The fourth-order valence-electron chi connectivity index (χ4n) is 5.76. The quantitative estimate of drug-likeness (QED) is 0.360. The lowest BCUT2D eigenvalue weighted by Gasteiger charge is -2.45. The lowest BCUT2D eigenvalue weighted by molar-refractivity contribution is -0.116. The summed E-state index contributed by atoms with van der Waals surface area (Å²) < 4.78 is 26.8. The third-order valence-corrected chi connectivity index (χ3v) is 8.19. The zero-order valence-electron chi connectivity index (χ0n) is 20.8. The summed E-state index contributed by atoms with van der Waals surface area (Å²) in [5.41, 5.74) is 3.25. The van der Waals surface area contributed by atoms with E-state index in [0.717, 1.165) is 42.6 Å². The van der Waals surface area contributed by atoms with Crippen molar-refractivity contribution in [2.45, 2.75) is 50.1 Å². The molecule has 2 aliphatic rings. The van der Waals surface area contributed by atoms with Crippen molar-refractivity contribution in [2.75, 3.05) is 25.0 Å². The van der Waals surface area contributed by atoms with Gasteiger partial charge in [-0.15, -0.1) is 0 Å². The van der Waals surface area contributed by atoms with E-state index in [4.69, 9.17) is 11.6 Å². The van der Waals surface area contributed by atoms with Crippen LogP contribution >= 0.6 is 11.6 Å². The number of carbonyl (C=O) groups excluding carboxylic acids is 1. The molecular formula is C30H32ClF2N3O. The standard InChI is InChI=1S/C30H32ClF2N3O/c31-27-19-25(13-14-28(27)33)35-29(37)20-34-30(15-17-36(18-16-30)26-3-1-2-4-26)23-9-5-21(6-10-23)22-7-11-24(32)12-8-22/h5-14,19,26,34H,1-4,15-18,20H2,(H,35,37). The minimum Gasteiger partial charge on any atom is -0.325 e. The van der Waals surface area contributed by atoms with Crippen molar-refractivity contribution in [3.63, 3.8) is 0 Å². The molecule has 5 rings (SSSR count). The Hall–Kier alpha value is -2.80. The van der Waals surface area contributed by atoms with E-state index in [0.29, 0.717) is 11.7 Å². The van der Waals surface area contributed by atoms with Crippen LogP contribution in [0.25, 0.3) is 11.1 Å². The fourth-order valence-corrected chi connectivity index (χ4v) is 5.94. The maximum atomic E-state index is 13.5. The van der Waals surface area contributed by atoms with Gasteiger partial charge in [-0.2, -0.15) is 0 Å². The molecule has 1 saturated carbocycles.